The van der Waals surface area contributed by atoms with Crippen LogP contribution in [0.3, 0.4) is 0 Å². The molecule has 4 aromatic rings. The van der Waals surface area contributed by atoms with E-state index in [9.17, 15) is 14.0 Å². The van der Waals surface area contributed by atoms with Crippen LogP contribution in [0, 0.1) is 5.82 Å². The average Bonchev–Trinajstić information content (AvgIpc) is 2.92. The Hall–Kier alpha value is -4.11. The maximum Gasteiger partial charge on any atom is 0.355 e. The van der Waals surface area contributed by atoms with Crippen LogP contribution in [0.15, 0.2) is 66.2 Å². The summed E-state index contributed by atoms with van der Waals surface area (Å²) in [6.07, 6.45) is 3.86. The van der Waals surface area contributed by atoms with Gasteiger partial charge < -0.3 is 9.80 Å². The van der Waals surface area contributed by atoms with Gasteiger partial charge in [0.15, 0.2) is 11.5 Å². The first-order chi connectivity index (χ1) is 18.7. The fourth-order valence-corrected chi connectivity index (χ4v) is 5.33. The van der Waals surface area contributed by atoms with Crippen LogP contribution in [0.1, 0.15) is 32.3 Å². The number of piperazine rings is 1. The van der Waals surface area contributed by atoms with Gasteiger partial charge in [0, 0.05) is 37.4 Å². The summed E-state index contributed by atoms with van der Waals surface area (Å²) in [6, 6.07) is 10.6. The number of benzene rings is 1. The van der Waals surface area contributed by atoms with Gasteiger partial charge in [-0.3, -0.25) is 9.78 Å². The van der Waals surface area contributed by atoms with Crippen LogP contribution in [0.4, 0.5) is 10.2 Å². The number of halogens is 2. The molecule has 0 radical (unpaired) electrons. The maximum absolute atomic E-state index is 14.8. The van der Waals surface area contributed by atoms with Crippen molar-refractivity contribution in [1.82, 2.24) is 24.4 Å². The molecule has 1 fully saturated rings. The number of hydrogen-bond donors (Lipinski definition) is 0. The van der Waals surface area contributed by atoms with E-state index in [0.717, 1.165) is 11.8 Å². The Labute approximate surface area is 230 Å². The van der Waals surface area contributed by atoms with E-state index in [1.807, 2.05) is 49.9 Å². The lowest BCUT2D eigenvalue weighted by Crippen LogP contribution is -2.54. The number of rotatable bonds is 5. The summed E-state index contributed by atoms with van der Waals surface area (Å²) in [6.45, 7) is 11.0. The molecule has 1 aliphatic rings. The second kappa shape index (κ2) is 10.6. The molecule has 0 bridgehead atoms. The van der Waals surface area contributed by atoms with Crippen LogP contribution in [0.2, 0.25) is 5.02 Å². The number of hydrogen-bond acceptors (Lipinski definition) is 6. The Kier molecular flexibility index (Phi) is 7.18. The molecule has 1 atom stereocenters. The molecule has 1 amide bonds. The Morgan fingerprint density at radius 1 is 1.21 bits per heavy atom. The number of anilines is 1. The molecule has 0 N–H and O–H groups in total. The highest BCUT2D eigenvalue weighted by molar-refractivity contribution is 6.33. The molecule has 39 heavy (non-hydrogen) atoms. The van der Waals surface area contributed by atoms with Gasteiger partial charge in [0.1, 0.15) is 5.82 Å². The standard InChI is InChI=1S/C29H28ClFN6O2/c1-5-25(38)35-12-13-36(18(4)16-35)27-21-14-22(30)26(20-10-11-32-15-23(20)31)33-28(21)37(29(39)34-27)24-9-7-6-8-19(24)17(2)3/h5-11,14-15,17-18H,1,12-13,16H2,2-4H3/t18-/m0/s1. The fourth-order valence-electron chi connectivity index (χ4n) is 5.08. The highest BCUT2D eigenvalue weighted by Crippen LogP contribution is 2.35. The second-order valence-corrected chi connectivity index (χ2v) is 10.3. The SMILES string of the molecule is C=CC(=O)N1CCN(c2nc(=O)n(-c3ccccc3C(C)C)c3nc(-c4ccncc4F)c(Cl)cc23)[C@@H](C)C1. The quantitative estimate of drug-likeness (QED) is 0.328. The van der Waals surface area contributed by atoms with E-state index in [1.54, 1.807) is 11.0 Å². The van der Waals surface area contributed by atoms with Crippen molar-refractivity contribution in [2.24, 2.45) is 0 Å². The van der Waals surface area contributed by atoms with E-state index in [2.05, 4.69) is 16.5 Å². The van der Waals surface area contributed by atoms with Gasteiger partial charge in [0.2, 0.25) is 5.91 Å². The normalized spacial score (nSPS) is 15.7. The number of nitrogens with zero attached hydrogens (tertiary/aromatic N) is 6. The topological polar surface area (TPSA) is 84.2 Å². The first kappa shape index (κ1) is 26.5. The molecule has 200 valence electrons. The lowest BCUT2D eigenvalue weighted by molar-refractivity contribution is -0.126. The lowest BCUT2D eigenvalue weighted by Gasteiger charge is -2.40. The minimum Gasteiger partial charge on any atom is -0.350 e. The Morgan fingerprint density at radius 3 is 2.67 bits per heavy atom. The van der Waals surface area contributed by atoms with E-state index < -0.39 is 11.5 Å². The largest absolute Gasteiger partial charge is 0.355 e. The molecule has 8 nitrogen and oxygen atoms in total. The number of para-hydroxylation sites is 1. The van der Waals surface area contributed by atoms with Gasteiger partial charge in [-0.15, -0.1) is 0 Å². The third-order valence-corrected chi connectivity index (χ3v) is 7.30. The second-order valence-electron chi connectivity index (χ2n) is 9.84. The molecule has 0 unspecified atom stereocenters. The zero-order chi connectivity index (χ0) is 27.8. The molecule has 0 saturated carbocycles. The average molecular weight is 547 g/mol. The zero-order valence-electron chi connectivity index (χ0n) is 21.9. The van der Waals surface area contributed by atoms with Crippen LogP contribution in [-0.2, 0) is 4.79 Å². The van der Waals surface area contributed by atoms with Crippen molar-refractivity contribution < 1.29 is 9.18 Å². The van der Waals surface area contributed by atoms with Crippen molar-refractivity contribution in [3.63, 3.8) is 0 Å². The van der Waals surface area contributed by atoms with Gasteiger partial charge in [-0.1, -0.05) is 50.2 Å². The fraction of sp³-hybridized carbons (Fsp3) is 0.276. The van der Waals surface area contributed by atoms with Crippen LogP contribution in [0.25, 0.3) is 28.0 Å². The Balaban J connectivity index is 1.78. The molecule has 4 heterocycles. The highest BCUT2D eigenvalue weighted by Gasteiger charge is 2.30. The molecule has 3 aromatic heterocycles. The maximum atomic E-state index is 14.8. The summed E-state index contributed by atoms with van der Waals surface area (Å²) in [4.78, 5) is 42.9. The van der Waals surface area contributed by atoms with Crippen LogP contribution in [-0.4, -0.2) is 56.0 Å². The van der Waals surface area contributed by atoms with E-state index in [1.165, 1.54) is 22.9 Å². The summed E-state index contributed by atoms with van der Waals surface area (Å²) in [5, 5.41) is 0.762. The van der Waals surface area contributed by atoms with Gasteiger partial charge in [0.05, 0.1) is 28.0 Å². The van der Waals surface area contributed by atoms with Crippen LogP contribution in [0.5, 0.6) is 0 Å². The number of fused-ring (bicyclic) bond motifs is 1. The molecule has 10 heteroatoms. The number of carbonyl (C=O) groups excluding carboxylic acids is 1. The molecule has 0 spiro atoms. The van der Waals surface area contributed by atoms with Crippen molar-refractivity contribution in [3.8, 4) is 16.9 Å². The minimum atomic E-state index is -0.575. The van der Waals surface area contributed by atoms with Crippen molar-refractivity contribution in [3.05, 3.63) is 88.3 Å². The molecule has 1 aliphatic heterocycles. The molecule has 1 saturated heterocycles. The first-order valence-electron chi connectivity index (χ1n) is 12.7. The lowest BCUT2D eigenvalue weighted by atomic mass is 10.0. The van der Waals surface area contributed by atoms with Crippen molar-refractivity contribution in [2.75, 3.05) is 24.5 Å². The minimum absolute atomic E-state index is 0.114. The molecular weight excluding hydrogens is 519 g/mol. The van der Waals surface area contributed by atoms with Gasteiger partial charge in [-0.25, -0.2) is 18.7 Å². The van der Waals surface area contributed by atoms with E-state index in [4.69, 9.17) is 16.6 Å². The third kappa shape index (κ3) is 4.78. The first-order valence-corrected chi connectivity index (χ1v) is 13.1. The van der Waals surface area contributed by atoms with E-state index in [0.29, 0.717) is 42.2 Å². The van der Waals surface area contributed by atoms with Gasteiger partial charge in [0.25, 0.3) is 0 Å². The predicted octanol–water partition coefficient (Wildman–Crippen LogP) is 4.98. The number of pyridine rings is 2. The van der Waals surface area contributed by atoms with E-state index >= 15 is 0 Å². The van der Waals surface area contributed by atoms with Gasteiger partial charge in [-0.05, 0) is 42.7 Å². The number of aromatic nitrogens is 4. The van der Waals surface area contributed by atoms with Crippen LogP contribution < -0.4 is 10.6 Å². The van der Waals surface area contributed by atoms with Crippen molar-refractivity contribution >= 4 is 34.4 Å². The Bertz CT molecular complexity index is 1650. The summed E-state index contributed by atoms with van der Waals surface area (Å²) in [7, 11) is 0. The highest BCUT2D eigenvalue weighted by atomic mass is 35.5. The van der Waals surface area contributed by atoms with Crippen molar-refractivity contribution in [2.45, 2.75) is 32.7 Å². The Morgan fingerprint density at radius 2 is 1.97 bits per heavy atom. The summed E-state index contributed by atoms with van der Waals surface area (Å²) in [5.41, 5.74) is 1.76. The zero-order valence-corrected chi connectivity index (χ0v) is 22.7. The summed E-state index contributed by atoms with van der Waals surface area (Å²) >= 11 is 6.71. The van der Waals surface area contributed by atoms with E-state index in [-0.39, 0.29) is 34.1 Å². The van der Waals surface area contributed by atoms with Gasteiger partial charge >= 0.3 is 5.69 Å². The molecular formula is C29H28ClFN6O2. The molecule has 5 rings (SSSR count). The molecule has 0 aliphatic carbocycles. The van der Waals surface area contributed by atoms with Crippen molar-refractivity contribution in [1.29, 1.82) is 0 Å². The summed E-state index contributed by atoms with van der Waals surface area (Å²) in [5.74, 6) is -0.187. The molecule has 1 aromatic carbocycles. The number of carbonyl (C=O) groups is 1. The number of amides is 1. The smallest absolute Gasteiger partial charge is 0.350 e. The monoisotopic (exact) mass is 546 g/mol. The van der Waals surface area contributed by atoms with Crippen LogP contribution >= 0.6 is 11.6 Å². The van der Waals surface area contributed by atoms with Gasteiger partial charge in [-0.2, -0.15) is 4.98 Å². The third-order valence-electron chi connectivity index (χ3n) is 7.01. The summed E-state index contributed by atoms with van der Waals surface area (Å²) < 4.78 is 16.3. The predicted molar refractivity (Wildman–Crippen MR) is 151 cm³/mol.